The van der Waals surface area contributed by atoms with Gasteiger partial charge >= 0.3 is 15.6 Å². The summed E-state index contributed by atoms with van der Waals surface area (Å²) in [6.07, 6.45) is 0. The summed E-state index contributed by atoms with van der Waals surface area (Å²) in [4.78, 5) is 0. The Hall–Kier alpha value is -2.02. The van der Waals surface area contributed by atoms with Crippen molar-refractivity contribution < 1.29 is 25.8 Å². The molecule has 2 rings (SSSR count). The molecule has 0 saturated carbocycles. The van der Waals surface area contributed by atoms with Crippen LogP contribution in [-0.2, 0) is 14.3 Å². The largest absolute Gasteiger partial charge is 0.534 e. The van der Waals surface area contributed by atoms with Crippen molar-refractivity contribution in [3.8, 4) is 0 Å². The van der Waals surface area contributed by atoms with Gasteiger partial charge in [0.1, 0.15) is 5.76 Å². The van der Waals surface area contributed by atoms with Gasteiger partial charge in [-0.2, -0.15) is 21.6 Å². The first-order valence-corrected chi connectivity index (χ1v) is 6.80. The van der Waals surface area contributed by atoms with Gasteiger partial charge < -0.3 is 4.18 Å². The Kier molecular flexibility index (Phi) is 3.47. The molecule has 2 aromatic rings. The van der Waals surface area contributed by atoms with Crippen LogP contribution in [0.2, 0.25) is 0 Å². The van der Waals surface area contributed by atoms with Crippen LogP contribution in [0.15, 0.2) is 49.0 Å². The first-order valence-electron chi connectivity index (χ1n) is 5.39. The first kappa shape index (κ1) is 14.4. The van der Waals surface area contributed by atoms with Crippen molar-refractivity contribution in [2.24, 2.45) is 0 Å². The average Bonchev–Trinajstić information content (AvgIpc) is 2.36. The molecule has 20 heavy (non-hydrogen) atoms. The molecule has 0 atom stereocenters. The number of hydrogen-bond acceptors (Lipinski definition) is 3. The molecular weight excluding hydrogens is 293 g/mol. The zero-order chi connectivity index (χ0) is 15.0. The Morgan fingerprint density at radius 3 is 2.25 bits per heavy atom. The van der Waals surface area contributed by atoms with Gasteiger partial charge in [0.05, 0.1) is 0 Å². The van der Waals surface area contributed by atoms with Crippen LogP contribution < -0.4 is 0 Å². The van der Waals surface area contributed by atoms with Crippen LogP contribution >= 0.6 is 0 Å². The molecule has 0 bridgehead atoms. The number of halogens is 3. The van der Waals surface area contributed by atoms with E-state index in [9.17, 15) is 21.6 Å². The highest BCUT2D eigenvalue weighted by atomic mass is 32.2. The predicted molar refractivity (Wildman–Crippen MR) is 69.0 cm³/mol. The second-order valence-electron chi connectivity index (χ2n) is 3.97. The molecule has 2 aromatic carbocycles. The maximum atomic E-state index is 12.2. The Labute approximate surface area is 113 Å². The number of hydrogen-bond donors (Lipinski definition) is 0. The maximum absolute atomic E-state index is 12.2. The van der Waals surface area contributed by atoms with E-state index in [0.29, 0.717) is 0 Å². The average molecular weight is 302 g/mol. The fourth-order valence-corrected chi connectivity index (χ4v) is 2.05. The van der Waals surface area contributed by atoms with E-state index in [4.69, 9.17) is 0 Å². The highest BCUT2D eigenvalue weighted by Gasteiger charge is 2.48. The lowest BCUT2D eigenvalue weighted by Crippen LogP contribution is -2.24. The van der Waals surface area contributed by atoms with Crippen molar-refractivity contribution >= 4 is 26.6 Å². The highest BCUT2D eigenvalue weighted by molar-refractivity contribution is 7.87. The van der Waals surface area contributed by atoms with E-state index in [2.05, 4.69) is 10.8 Å². The van der Waals surface area contributed by atoms with E-state index in [1.165, 1.54) is 12.1 Å². The van der Waals surface area contributed by atoms with Gasteiger partial charge in [-0.15, -0.1) is 0 Å². The van der Waals surface area contributed by atoms with Crippen molar-refractivity contribution in [1.82, 2.24) is 0 Å². The van der Waals surface area contributed by atoms with Crippen molar-refractivity contribution in [3.63, 3.8) is 0 Å². The summed E-state index contributed by atoms with van der Waals surface area (Å²) >= 11 is 0. The van der Waals surface area contributed by atoms with E-state index in [1.54, 1.807) is 24.3 Å². The molecule has 0 heterocycles. The Balaban J connectivity index is 2.33. The summed E-state index contributed by atoms with van der Waals surface area (Å²) in [5, 5.41) is 1.60. The van der Waals surface area contributed by atoms with Crippen molar-refractivity contribution in [2.75, 3.05) is 0 Å². The first-order chi connectivity index (χ1) is 9.21. The molecule has 7 heteroatoms. The van der Waals surface area contributed by atoms with Gasteiger partial charge in [-0.1, -0.05) is 43.0 Å². The Morgan fingerprint density at radius 1 is 1.05 bits per heavy atom. The van der Waals surface area contributed by atoms with Crippen LogP contribution in [0.1, 0.15) is 5.56 Å². The smallest absolute Gasteiger partial charge is 0.376 e. The fraction of sp³-hybridized carbons (Fsp3) is 0.0769. The molecule has 0 aliphatic carbocycles. The van der Waals surface area contributed by atoms with Crippen LogP contribution in [-0.4, -0.2) is 13.9 Å². The number of rotatable bonds is 3. The van der Waals surface area contributed by atoms with Gasteiger partial charge in [0.2, 0.25) is 0 Å². The minimum absolute atomic E-state index is 0.163. The topological polar surface area (TPSA) is 43.4 Å². The molecule has 0 fully saturated rings. The van der Waals surface area contributed by atoms with Crippen LogP contribution in [0.5, 0.6) is 0 Å². The van der Waals surface area contributed by atoms with E-state index in [0.717, 1.165) is 10.8 Å². The second kappa shape index (κ2) is 4.82. The monoisotopic (exact) mass is 302 g/mol. The lowest BCUT2D eigenvalue weighted by atomic mass is 10.1. The molecule has 106 valence electrons. The minimum Gasteiger partial charge on any atom is -0.376 e. The molecule has 0 N–H and O–H groups in total. The number of benzene rings is 2. The molecule has 3 nitrogen and oxygen atoms in total. The Morgan fingerprint density at radius 2 is 1.65 bits per heavy atom. The SMILES string of the molecule is C=C(OS(=O)(=O)C(F)(F)F)c1ccc2ccccc2c1. The summed E-state index contributed by atoms with van der Waals surface area (Å²) in [6, 6.07) is 11.7. The van der Waals surface area contributed by atoms with Gasteiger partial charge in [-0.3, -0.25) is 0 Å². The molecule has 0 saturated heterocycles. The third kappa shape index (κ3) is 2.77. The van der Waals surface area contributed by atoms with Gasteiger partial charge in [0.15, 0.2) is 0 Å². The summed E-state index contributed by atoms with van der Waals surface area (Å²) in [7, 11) is -5.70. The lowest BCUT2D eigenvalue weighted by molar-refractivity contribution is -0.0509. The van der Waals surface area contributed by atoms with E-state index in [-0.39, 0.29) is 5.56 Å². The Bertz CT molecular complexity index is 764. The van der Waals surface area contributed by atoms with E-state index >= 15 is 0 Å². The third-order valence-electron chi connectivity index (χ3n) is 2.57. The molecule has 0 unspecified atom stereocenters. The molecular formula is C13H9F3O3S. The molecule has 0 aromatic heterocycles. The molecule has 0 radical (unpaired) electrons. The molecule has 0 amide bonds. The highest BCUT2D eigenvalue weighted by Crippen LogP contribution is 2.29. The van der Waals surface area contributed by atoms with Gasteiger partial charge in [-0.05, 0) is 16.8 Å². The summed E-state index contributed by atoms with van der Waals surface area (Å²) in [6.45, 7) is 3.23. The number of fused-ring (bicyclic) bond motifs is 1. The normalized spacial score (nSPS) is 12.3. The zero-order valence-corrected chi connectivity index (χ0v) is 10.8. The predicted octanol–water partition coefficient (Wildman–Crippen LogP) is 3.68. The van der Waals surface area contributed by atoms with E-state index in [1.807, 2.05) is 6.07 Å². The third-order valence-corrected chi connectivity index (χ3v) is 3.55. The second-order valence-corrected chi connectivity index (χ2v) is 5.51. The minimum atomic E-state index is -5.70. The van der Waals surface area contributed by atoms with Crippen molar-refractivity contribution in [3.05, 3.63) is 54.6 Å². The maximum Gasteiger partial charge on any atom is 0.534 e. The van der Waals surface area contributed by atoms with Gasteiger partial charge in [0.25, 0.3) is 0 Å². The van der Waals surface area contributed by atoms with E-state index < -0.39 is 21.4 Å². The lowest BCUT2D eigenvalue weighted by Gasteiger charge is -2.11. The summed E-state index contributed by atoms with van der Waals surface area (Å²) < 4.78 is 62.4. The summed E-state index contributed by atoms with van der Waals surface area (Å²) in [5.41, 5.74) is -5.32. The fourth-order valence-electron chi connectivity index (χ4n) is 1.59. The van der Waals surface area contributed by atoms with Crippen LogP contribution in [0.3, 0.4) is 0 Å². The quantitative estimate of drug-likeness (QED) is 0.493. The van der Waals surface area contributed by atoms with Crippen LogP contribution in [0.4, 0.5) is 13.2 Å². The molecule has 0 aliphatic heterocycles. The standard InChI is InChI=1S/C13H9F3O3S/c1-9(19-20(17,18)13(14,15)16)11-7-6-10-4-2-3-5-12(10)8-11/h2-8H,1H2. The molecule has 0 spiro atoms. The van der Waals surface area contributed by atoms with Crippen LogP contribution in [0, 0.1) is 0 Å². The van der Waals surface area contributed by atoms with Gasteiger partial charge in [0, 0.05) is 5.56 Å². The van der Waals surface area contributed by atoms with Crippen LogP contribution in [0.25, 0.3) is 16.5 Å². The number of alkyl halides is 3. The molecule has 0 aliphatic rings. The zero-order valence-electron chi connectivity index (χ0n) is 10.0. The summed E-state index contributed by atoms with van der Waals surface area (Å²) in [5.74, 6) is -0.576. The van der Waals surface area contributed by atoms with Crippen molar-refractivity contribution in [1.29, 1.82) is 0 Å². The van der Waals surface area contributed by atoms with Crippen molar-refractivity contribution in [2.45, 2.75) is 5.51 Å². The van der Waals surface area contributed by atoms with Gasteiger partial charge in [-0.25, -0.2) is 0 Å².